The van der Waals surface area contributed by atoms with Crippen molar-refractivity contribution in [3.8, 4) is 34.5 Å². The number of nitrogens with zero attached hydrogens (tertiary/aromatic N) is 2. The summed E-state index contributed by atoms with van der Waals surface area (Å²) in [5.74, 6) is 2.78. The number of furan rings is 1. The Hall–Kier alpha value is -6.32. The normalized spacial score (nSPS) is 21.1. The van der Waals surface area contributed by atoms with E-state index in [1.54, 1.807) is 18.2 Å². The fraction of sp³-hybridized carbons (Fsp3) is 0.244. The molecule has 0 bridgehead atoms. The summed E-state index contributed by atoms with van der Waals surface area (Å²) in [4.78, 5) is 31.1. The predicted octanol–water partition coefficient (Wildman–Crippen LogP) is 9.39. The molecule has 2 atom stereocenters. The van der Waals surface area contributed by atoms with Crippen LogP contribution in [0.2, 0.25) is 4.34 Å². The first-order valence-corrected chi connectivity index (χ1v) is 20.5. The lowest BCUT2D eigenvalue weighted by atomic mass is 9.70. The molecule has 4 aromatic carbocycles. The van der Waals surface area contributed by atoms with Crippen LogP contribution >= 0.6 is 22.9 Å². The van der Waals surface area contributed by atoms with E-state index in [2.05, 4.69) is 6.07 Å². The van der Waals surface area contributed by atoms with Crippen LogP contribution in [0.1, 0.15) is 51.5 Å². The average molecular weight is 869 g/mol. The molecule has 11 nitrogen and oxygen atoms in total. The van der Waals surface area contributed by atoms with E-state index in [9.17, 15) is 22.8 Å². The van der Waals surface area contributed by atoms with Crippen LogP contribution in [0, 0.1) is 0 Å². The number of hydrogen-bond acceptors (Lipinski definition) is 10. The van der Waals surface area contributed by atoms with Gasteiger partial charge in [0.15, 0.2) is 23.0 Å². The summed E-state index contributed by atoms with van der Waals surface area (Å²) in [7, 11) is 0. The molecule has 2 spiro atoms. The number of carbonyl (C=O) groups is 2. The van der Waals surface area contributed by atoms with Gasteiger partial charge in [-0.1, -0.05) is 48.0 Å². The molecule has 16 heteroatoms. The van der Waals surface area contributed by atoms with Gasteiger partial charge in [-0.3, -0.25) is 9.59 Å². The Balaban J connectivity index is 0.000000138. The SMILES string of the molecule is O=C1CC2(COc3cc4c(cc32)OCO4)c2ccccc2N1Cc1ccc(C(F)(F)F)o1.O=C1CC2(COc3cc4c(cc32)OCO4)c2ccccc2N1Cc1ccc(Cl)s1. The Labute approximate surface area is 354 Å². The average Bonchev–Trinajstić information content (AvgIpc) is 4.12. The predicted molar refractivity (Wildman–Crippen MR) is 215 cm³/mol. The molecule has 2 unspecified atom stereocenters. The van der Waals surface area contributed by atoms with Crippen molar-refractivity contribution in [2.45, 2.75) is 42.9 Å². The number of ether oxygens (including phenoxy) is 6. The molecule has 0 radical (unpaired) electrons. The van der Waals surface area contributed by atoms with Gasteiger partial charge < -0.3 is 42.6 Å². The maximum absolute atomic E-state index is 13.4. The minimum absolute atomic E-state index is 0.0582. The Morgan fingerprint density at radius 2 is 1.10 bits per heavy atom. The van der Waals surface area contributed by atoms with E-state index in [1.807, 2.05) is 65.6 Å². The van der Waals surface area contributed by atoms with Gasteiger partial charge in [-0.2, -0.15) is 13.2 Å². The topological polar surface area (TPSA) is 109 Å². The number of carbonyl (C=O) groups excluding carboxylic acids is 2. The van der Waals surface area contributed by atoms with Crippen molar-refractivity contribution in [3.63, 3.8) is 0 Å². The zero-order valence-corrected chi connectivity index (χ0v) is 33.5. The summed E-state index contributed by atoms with van der Waals surface area (Å²) >= 11 is 7.59. The van der Waals surface area contributed by atoms with E-state index in [-0.39, 0.29) is 50.7 Å². The summed E-state index contributed by atoms with van der Waals surface area (Å²) in [6.07, 6.45) is -4.14. The Bertz CT molecular complexity index is 2790. The van der Waals surface area contributed by atoms with Crippen LogP contribution in [0.5, 0.6) is 34.5 Å². The van der Waals surface area contributed by atoms with Gasteiger partial charge in [-0.05, 0) is 59.7 Å². The van der Waals surface area contributed by atoms with Gasteiger partial charge in [0.1, 0.15) is 30.5 Å². The Kier molecular flexibility index (Phi) is 8.56. The highest BCUT2D eigenvalue weighted by Gasteiger charge is 2.52. The first-order valence-electron chi connectivity index (χ1n) is 19.3. The van der Waals surface area contributed by atoms with Crippen LogP contribution in [0.25, 0.3) is 0 Å². The maximum atomic E-state index is 13.4. The molecule has 6 aliphatic heterocycles. The third kappa shape index (κ3) is 6.07. The molecule has 2 aromatic heterocycles. The molecule has 0 N–H and O–H groups in total. The van der Waals surface area contributed by atoms with E-state index >= 15 is 0 Å². The number of amides is 2. The number of anilines is 2. The molecule has 0 fully saturated rings. The van der Waals surface area contributed by atoms with Crippen LogP contribution in [0.4, 0.5) is 24.5 Å². The molecule has 6 aliphatic rings. The van der Waals surface area contributed by atoms with Gasteiger partial charge in [-0.15, -0.1) is 11.3 Å². The molecule has 0 saturated carbocycles. The molecular weight excluding hydrogens is 837 g/mol. The summed E-state index contributed by atoms with van der Waals surface area (Å²) in [5.41, 5.74) is 4.07. The van der Waals surface area contributed by atoms with Gasteiger partial charge in [-0.25, -0.2) is 0 Å². The van der Waals surface area contributed by atoms with E-state index in [4.69, 9.17) is 44.4 Å². The fourth-order valence-corrected chi connectivity index (χ4v) is 10.3. The Morgan fingerprint density at radius 3 is 1.59 bits per heavy atom. The fourth-order valence-electron chi connectivity index (χ4n) is 9.23. The Morgan fingerprint density at radius 1 is 0.590 bits per heavy atom. The highest BCUT2D eigenvalue weighted by atomic mass is 35.5. The monoisotopic (exact) mass is 868 g/mol. The number of halogens is 4. The summed E-state index contributed by atoms with van der Waals surface area (Å²) in [5, 5.41) is 0. The van der Waals surface area contributed by atoms with Gasteiger partial charge in [0.2, 0.25) is 31.2 Å². The zero-order chi connectivity index (χ0) is 41.7. The molecule has 0 saturated heterocycles. The smallest absolute Gasteiger partial charge is 0.449 e. The molecule has 61 heavy (non-hydrogen) atoms. The lowest BCUT2D eigenvalue weighted by Crippen LogP contribution is -2.45. The first kappa shape index (κ1) is 37.7. The number of rotatable bonds is 4. The van der Waals surface area contributed by atoms with Crippen molar-refractivity contribution >= 4 is 46.1 Å². The van der Waals surface area contributed by atoms with Crippen molar-refractivity contribution in [3.05, 3.63) is 140 Å². The number of fused-ring (bicyclic) bond motifs is 10. The second kappa shape index (κ2) is 13.9. The molecule has 2 amide bonds. The maximum Gasteiger partial charge on any atom is 0.449 e. The van der Waals surface area contributed by atoms with Crippen LogP contribution in [0.15, 0.2) is 101 Å². The lowest BCUT2D eigenvalue weighted by molar-refractivity contribution is -0.153. The van der Waals surface area contributed by atoms with Crippen LogP contribution in [-0.2, 0) is 39.7 Å². The third-order valence-corrected chi connectivity index (χ3v) is 13.3. The molecule has 310 valence electrons. The van der Waals surface area contributed by atoms with Crippen LogP contribution < -0.4 is 38.2 Å². The van der Waals surface area contributed by atoms with Crippen molar-refractivity contribution in [2.24, 2.45) is 0 Å². The summed E-state index contributed by atoms with van der Waals surface area (Å²) in [6.45, 7) is 1.43. The van der Waals surface area contributed by atoms with E-state index in [1.165, 1.54) is 22.3 Å². The number of thiophene rings is 1. The summed E-state index contributed by atoms with van der Waals surface area (Å²) in [6, 6.07) is 28.9. The van der Waals surface area contributed by atoms with Crippen molar-refractivity contribution in [1.82, 2.24) is 0 Å². The number of alkyl halides is 3. The largest absolute Gasteiger partial charge is 0.492 e. The number of para-hydroxylation sites is 2. The van der Waals surface area contributed by atoms with E-state index < -0.39 is 22.8 Å². The number of benzene rings is 4. The van der Waals surface area contributed by atoms with Crippen molar-refractivity contribution in [2.75, 3.05) is 36.6 Å². The molecular formula is C45H32ClF3N2O9S. The lowest BCUT2D eigenvalue weighted by Gasteiger charge is -2.39. The second-order valence-corrected chi connectivity index (χ2v) is 17.3. The number of hydrogen-bond donors (Lipinski definition) is 0. The molecule has 12 rings (SSSR count). The third-order valence-electron chi connectivity index (χ3n) is 12.1. The van der Waals surface area contributed by atoms with E-state index in [0.717, 1.165) is 49.0 Å². The van der Waals surface area contributed by atoms with Gasteiger partial charge in [0.05, 0.1) is 28.3 Å². The standard InChI is InChI=1S/C23H16F3NO5.C22H16ClNO4S/c24-23(25,26)20-6-5-13(32-20)10-27-16-4-2-1-3-14(16)22(9-21(27)28)11-29-17-8-19-18(7-15(17)22)30-12-31-19;23-20-6-5-13(29-20)10-24-16-4-2-1-3-14(16)22(9-21(24)25)11-26-17-8-19-18(7-15(17)22)27-12-28-19/h1-8H,9-12H2;1-8H,9-12H2. The summed E-state index contributed by atoms with van der Waals surface area (Å²) < 4.78 is 78.5. The second-order valence-electron chi connectivity index (χ2n) is 15.5. The van der Waals surface area contributed by atoms with Crippen LogP contribution in [-0.4, -0.2) is 38.6 Å². The van der Waals surface area contributed by atoms with Crippen molar-refractivity contribution in [1.29, 1.82) is 0 Å². The molecule has 8 heterocycles. The molecule has 0 aliphatic carbocycles. The van der Waals surface area contributed by atoms with Gasteiger partial charge in [0, 0.05) is 52.4 Å². The van der Waals surface area contributed by atoms with Gasteiger partial charge in [0.25, 0.3) is 0 Å². The minimum atomic E-state index is -4.58. The first-order chi connectivity index (χ1) is 29.5. The highest BCUT2D eigenvalue weighted by Crippen LogP contribution is 2.56. The van der Waals surface area contributed by atoms with Gasteiger partial charge >= 0.3 is 6.18 Å². The van der Waals surface area contributed by atoms with Crippen molar-refractivity contribution < 1.29 is 55.6 Å². The van der Waals surface area contributed by atoms with E-state index in [0.29, 0.717) is 54.0 Å². The molecule has 6 aromatic rings. The quantitative estimate of drug-likeness (QED) is 0.171. The minimum Gasteiger partial charge on any atom is -0.492 e. The zero-order valence-electron chi connectivity index (χ0n) is 31.9. The highest BCUT2D eigenvalue weighted by molar-refractivity contribution is 7.16. The van der Waals surface area contributed by atoms with Crippen LogP contribution in [0.3, 0.4) is 0 Å².